The topological polar surface area (TPSA) is 72.2 Å². The Balaban J connectivity index is 2.05. The molecule has 1 unspecified atom stereocenters. The minimum absolute atomic E-state index is 0.0320. The Hall–Kier alpha value is -0.560. The van der Waals surface area contributed by atoms with Crippen LogP contribution in [-0.4, -0.2) is 25.5 Å². The first kappa shape index (κ1) is 14.8. The minimum atomic E-state index is -3.42. The zero-order valence-electron chi connectivity index (χ0n) is 11.1. The largest absolute Gasteiger partial charge is 0.326 e. The number of hydrogen-bond donors (Lipinski definition) is 2. The van der Waals surface area contributed by atoms with E-state index in [1.54, 1.807) is 24.3 Å². The molecule has 3 N–H and O–H groups in total. The van der Waals surface area contributed by atoms with Gasteiger partial charge < -0.3 is 5.73 Å². The highest BCUT2D eigenvalue weighted by Crippen LogP contribution is 2.37. The third-order valence-corrected chi connectivity index (χ3v) is 6.36. The fraction of sp³-hybridized carbons (Fsp3) is 0.538. The van der Waals surface area contributed by atoms with E-state index in [4.69, 9.17) is 5.73 Å². The SMILES string of the molecule is CC1(CNS(=O)(=O)c2ccc(CN)cc2)CCCS1. The predicted molar refractivity (Wildman–Crippen MR) is 79.6 cm³/mol. The summed E-state index contributed by atoms with van der Waals surface area (Å²) in [5, 5.41) is 0. The van der Waals surface area contributed by atoms with Crippen molar-refractivity contribution in [3.05, 3.63) is 29.8 Å². The van der Waals surface area contributed by atoms with Gasteiger partial charge in [0.05, 0.1) is 4.90 Å². The van der Waals surface area contributed by atoms with Crippen LogP contribution in [0, 0.1) is 0 Å². The second-order valence-corrected chi connectivity index (χ2v) is 8.52. The van der Waals surface area contributed by atoms with Crippen LogP contribution in [-0.2, 0) is 16.6 Å². The van der Waals surface area contributed by atoms with Crippen molar-refractivity contribution < 1.29 is 8.42 Å². The Kier molecular flexibility index (Phi) is 4.55. The Labute approximate surface area is 119 Å². The summed E-state index contributed by atoms with van der Waals surface area (Å²) in [6.45, 7) is 3.02. The number of benzene rings is 1. The van der Waals surface area contributed by atoms with Crippen LogP contribution in [0.5, 0.6) is 0 Å². The van der Waals surface area contributed by atoms with Crippen molar-refractivity contribution in [2.75, 3.05) is 12.3 Å². The second-order valence-electron chi connectivity index (χ2n) is 5.07. The number of nitrogens with two attached hydrogens (primary N) is 1. The van der Waals surface area contributed by atoms with Gasteiger partial charge in [-0.15, -0.1) is 0 Å². The van der Waals surface area contributed by atoms with Crippen LogP contribution in [0.1, 0.15) is 25.3 Å². The van der Waals surface area contributed by atoms with Gasteiger partial charge in [-0.05, 0) is 43.2 Å². The molecule has 1 aromatic carbocycles. The molecule has 1 aliphatic rings. The van der Waals surface area contributed by atoms with E-state index in [1.165, 1.54) is 0 Å². The number of nitrogens with one attached hydrogen (secondary N) is 1. The zero-order chi connectivity index (χ0) is 13.9. The summed E-state index contributed by atoms with van der Waals surface area (Å²) in [4.78, 5) is 0.302. The maximum atomic E-state index is 12.2. The Morgan fingerprint density at radius 3 is 2.58 bits per heavy atom. The molecule has 0 aromatic heterocycles. The van der Waals surface area contributed by atoms with Crippen LogP contribution in [0.3, 0.4) is 0 Å². The molecular formula is C13H20N2O2S2. The molecule has 0 amide bonds. The number of sulfonamides is 1. The summed E-state index contributed by atoms with van der Waals surface area (Å²) in [5.41, 5.74) is 6.43. The molecule has 0 saturated carbocycles. The minimum Gasteiger partial charge on any atom is -0.326 e. The van der Waals surface area contributed by atoms with Gasteiger partial charge in [-0.3, -0.25) is 0 Å². The van der Waals surface area contributed by atoms with E-state index in [9.17, 15) is 8.42 Å². The molecule has 1 aromatic rings. The van der Waals surface area contributed by atoms with Crippen molar-refractivity contribution in [1.29, 1.82) is 0 Å². The molecule has 1 fully saturated rings. The first-order valence-corrected chi connectivity index (χ1v) is 8.85. The van der Waals surface area contributed by atoms with E-state index in [-0.39, 0.29) is 4.75 Å². The highest BCUT2D eigenvalue weighted by atomic mass is 32.2. The Morgan fingerprint density at radius 1 is 1.37 bits per heavy atom. The fourth-order valence-electron chi connectivity index (χ4n) is 2.11. The van der Waals surface area contributed by atoms with E-state index in [2.05, 4.69) is 11.6 Å². The summed E-state index contributed by atoms with van der Waals surface area (Å²) in [7, 11) is -3.42. The molecule has 0 bridgehead atoms. The highest BCUT2D eigenvalue weighted by molar-refractivity contribution is 8.01. The zero-order valence-corrected chi connectivity index (χ0v) is 12.7. The predicted octanol–water partition coefficient (Wildman–Crippen LogP) is 1.71. The quantitative estimate of drug-likeness (QED) is 0.868. The number of thioether (sulfide) groups is 1. The molecular weight excluding hydrogens is 280 g/mol. The summed E-state index contributed by atoms with van der Waals surface area (Å²) in [5.74, 6) is 1.11. The maximum absolute atomic E-state index is 12.2. The van der Waals surface area contributed by atoms with Gasteiger partial charge in [-0.25, -0.2) is 13.1 Å². The van der Waals surface area contributed by atoms with Crippen molar-refractivity contribution in [2.24, 2.45) is 5.73 Å². The van der Waals surface area contributed by atoms with Crippen LogP contribution >= 0.6 is 11.8 Å². The van der Waals surface area contributed by atoms with E-state index in [0.717, 1.165) is 24.2 Å². The number of rotatable bonds is 5. The van der Waals surface area contributed by atoms with Gasteiger partial charge in [0.1, 0.15) is 0 Å². The third kappa shape index (κ3) is 3.72. The molecule has 1 saturated heterocycles. The summed E-state index contributed by atoms with van der Waals surface area (Å²) < 4.78 is 27.1. The number of hydrogen-bond acceptors (Lipinski definition) is 4. The smallest absolute Gasteiger partial charge is 0.240 e. The highest BCUT2D eigenvalue weighted by Gasteiger charge is 2.31. The lowest BCUT2D eigenvalue weighted by atomic mass is 10.1. The van der Waals surface area contributed by atoms with Crippen LogP contribution in [0.4, 0.5) is 0 Å². The van der Waals surface area contributed by atoms with Crippen molar-refractivity contribution >= 4 is 21.8 Å². The molecule has 6 heteroatoms. The summed E-state index contributed by atoms with van der Waals surface area (Å²) >= 11 is 1.84. The molecule has 106 valence electrons. The van der Waals surface area contributed by atoms with Crippen LogP contribution in [0.2, 0.25) is 0 Å². The Morgan fingerprint density at radius 2 is 2.05 bits per heavy atom. The van der Waals surface area contributed by atoms with Gasteiger partial charge in [-0.1, -0.05) is 12.1 Å². The van der Waals surface area contributed by atoms with Crippen LogP contribution < -0.4 is 10.5 Å². The second kappa shape index (κ2) is 5.83. The monoisotopic (exact) mass is 300 g/mol. The molecule has 4 nitrogen and oxygen atoms in total. The van der Waals surface area contributed by atoms with Crippen molar-refractivity contribution in [3.8, 4) is 0 Å². The molecule has 1 aliphatic heterocycles. The van der Waals surface area contributed by atoms with Crippen molar-refractivity contribution in [3.63, 3.8) is 0 Å². The molecule has 0 radical (unpaired) electrons. The lowest BCUT2D eigenvalue weighted by molar-refractivity contribution is 0.552. The molecule has 1 atom stereocenters. The molecule has 1 heterocycles. The molecule has 0 spiro atoms. The van der Waals surface area contributed by atoms with Crippen LogP contribution in [0.25, 0.3) is 0 Å². The van der Waals surface area contributed by atoms with Crippen LogP contribution in [0.15, 0.2) is 29.2 Å². The van der Waals surface area contributed by atoms with Gasteiger partial charge in [0, 0.05) is 17.8 Å². The summed E-state index contributed by atoms with van der Waals surface area (Å²) in [6.07, 6.45) is 2.22. The van der Waals surface area contributed by atoms with Gasteiger partial charge in [0.15, 0.2) is 0 Å². The summed E-state index contributed by atoms with van der Waals surface area (Å²) in [6, 6.07) is 6.71. The maximum Gasteiger partial charge on any atom is 0.240 e. The lowest BCUT2D eigenvalue weighted by Gasteiger charge is -2.22. The average Bonchev–Trinajstić information content (AvgIpc) is 2.84. The van der Waals surface area contributed by atoms with E-state index in [1.807, 2.05) is 11.8 Å². The van der Waals surface area contributed by atoms with Crippen molar-refractivity contribution in [1.82, 2.24) is 4.72 Å². The standard InChI is InChI=1S/C13H20N2O2S2/c1-13(7-2-8-18-13)10-15-19(16,17)12-5-3-11(9-14)4-6-12/h3-6,15H,2,7-10,14H2,1H3. The first-order valence-electron chi connectivity index (χ1n) is 6.38. The average molecular weight is 300 g/mol. The van der Waals surface area contributed by atoms with Gasteiger partial charge in [0.25, 0.3) is 0 Å². The third-order valence-electron chi connectivity index (χ3n) is 3.41. The fourth-order valence-corrected chi connectivity index (χ4v) is 4.62. The van der Waals surface area contributed by atoms with Gasteiger partial charge >= 0.3 is 0 Å². The Bertz CT molecular complexity index is 520. The van der Waals surface area contributed by atoms with E-state index < -0.39 is 10.0 Å². The lowest BCUT2D eigenvalue weighted by Crippen LogP contribution is -2.36. The van der Waals surface area contributed by atoms with E-state index >= 15 is 0 Å². The molecule has 0 aliphatic carbocycles. The van der Waals surface area contributed by atoms with Crippen molar-refractivity contribution in [2.45, 2.75) is 36.0 Å². The van der Waals surface area contributed by atoms with E-state index in [0.29, 0.717) is 18.0 Å². The first-order chi connectivity index (χ1) is 8.95. The normalized spacial score (nSPS) is 23.7. The van der Waals surface area contributed by atoms with Gasteiger partial charge in [0.2, 0.25) is 10.0 Å². The van der Waals surface area contributed by atoms with Gasteiger partial charge in [-0.2, -0.15) is 11.8 Å². The molecule has 19 heavy (non-hydrogen) atoms. The molecule has 2 rings (SSSR count).